The molecule has 0 saturated carbocycles. The smallest absolute Gasteiger partial charge is 0.0961 e. The van der Waals surface area contributed by atoms with Crippen molar-refractivity contribution < 1.29 is 0 Å². The van der Waals surface area contributed by atoms with Gasteiger partial charge in [0.2, 0.25) is 0 Å². The van der Waals surface area contributed by atoms with E-state index in [0.29, 0.717) is 0 Å². The monoisotopic (exact) mass is 273 g/mol. The summed E-state index contributed by atoms with van der Waals surface area (Å²) in [7, 11) is 0. The summed E-state index contributed by atoms with van der Waals surface area (Å²) in [4.78, 5) is 3.39. The fraction of sp³-hybridized carbons (Fsp3) is 0.400. The Morgan fingerprint density at radius 2 is 2.26 bits per heavy atom. The summed E-state index contributed by atoms with van der Waals surface area (Å²) in [6, 6.07) is 12.7. The van der Waals surface area contributed by atoms with Crippen LogP contribution in [0.15, 0.2) is 35.4 Å². The van der Waals surface area contributed by atoms with Crippen LogP contribution in [0.2, 0.25) is 0 Å². The highest BCUT2D eigenvalue weighted by Crippen LogP contribution is 2.23. The van der Waals surface area contributed by atoms with Gasteiger partial charge in [-0.05, 0) is 31.5 Å². The molecule has 1 heterocycles. The van der Waals surface area contributed by atoms with Gasteiger partial charge in [-0.15, -0.1) is 11.8 Å². The van der Waals surface area contributed by atoms with Crippen LogP contribution in [0.1, 0.15) is 19.8 Å². The number of nitriles is 1. The molecular formula is C15H19N3S. The molecule has 0 radical (unpaired) electrons. The summed E-state index contributed by atoms with van der Waals surface area (Å²) in [5, 5.41) is 14.7. The van der Waals surface area contributed by atoms with E-state index in [0.717, 1.165) is 25.1 Å². The quantitative estimate of drug-likeness (QED) is 0.759. The standard InChI is InChI=1S/C15H19N3S/c1-2-8-17-13(11-16)7-9-19-15-10-12-5-3-4-6-14(12)18-15/h3-6,10,13,17-18H,2,7-9H2,1H3. The molecule has 2 aromatic rings. The van der Waals surface area contributed by atoms with Crippen LogP contribution >= 0.6 is 11.8 Å². The van der Waals surface area contributed by atoms with Crippen molar-refractivity contribution in [2.75, 3.05) is 12.3 Å². The summed E-state index contributed by atoms with van der Waals surface area (Å²) in [5.41, 5.74) is 1.17. The number of hydrogen-bond donors (Lipinski definition) is 2. The van der Waals surface area contributed by atoms with Crippen LogP contribution in [0.4, 0.5) is 0 Å². The van der Waals surface area contributed by atoms with Crippen molar-refractivity contribution in [2.24, 2.45) is 0 Å². The van der Waals surface area contributed by atoms with E-state index in [1.165, 1.54) is 15.9 Å². The minimum Gasteiger partial charge on any atom is -0.350 e. The van der Waals surface area contributed by atoms with Crippen molar-refractivity contribution in [1.29, 1.82) is 5.26 Å². The fourth-order valence-corrected chi connectivity index (χ4v) is 2.91. The van der Waals surface area contributed by atoms with Crippen molar-refractivity contribution in [3.05, 3.63) is 30.3 Å². The van der Waals surface area contributed by atoms with Gasteiger partial charge in [0.15, 0.2) is 0 Å². The molecule has 2 N–H and O–H groups in total. The molecule has 0 saturated heterocycles. The van der Waals surface area contributed by atoms with E-state index >= 15 is 0 Å². The molecule has 0 bridgehead atoms. The Bertz CT molecular complexity index is 523. The second-order valence-corrected chi connectivity index (χ2v) is 5.63. The van der Waals surface area contributed by atoms with Gasteiger partial charge in [0.1, 0.15) is 0 Å². The molecule has 1 unspecified atom stereocenters. The van der Waals surface area contributed by atoms with Crippen LogP contribution < -0.4 is 5.32 Å². The zero-order valence-corrected chi connectivity index (χ0v) is 12.0. The lowest BCUT2D eigenvalue weighted by Gasteiger charge is -2.09. The average Bonchev–Trinajstić information content (AvgIpc) is 2.85. The van der Waals surface area contributed by atoms with Crippen molar-refractivity contribution >= 4 is 22.7 Å². The fourth-order valence-electron chi connectivity index (χ4n) is 1.94. The number of aromatic nitrogens is 1. The lowest BCUT2D eigenvalue weighted by molar-refractivity contribution is 0.585. The Labute approximate surface area is 118 Å². The second-order valence-electron chi connectivity index (χ2n) is 4.49. The minimum absolute atomic E-state index is 0.0307. The molecule has 0 spiro atoms. The van der Waals surface area contributed by atoms with Gasteiger partial charge in [-0.25, -0.2) is 0 Å². The van der Waals surface area contributed by atoms with Gasteiger partial charge in [0, 0.05) is 16.7 Å². The third-order valence-electron chi connectivity index (χ3n) is 2.97. The largest absolute Gasteiger partial charge is 0.350 e. The third-order valence-corrected chi connectivity index (χ3v) is 3.94. The van der Waals surface area contributed by atoms with Gasteiger partial charge in [-0.3, -0.25) is 0 Å². The lowest BCUT2D eigenvalue weighted by atomic mass is 10.2. The number of thioether (sulfide) groups is 1. The zero-order valence-electron chi connectivity index (χ0n) is 11.1. The number of H-pyrrole nitrogens is 1. The minimum atomic E-state index is -0.0307. The molecule has 1 aromatic carbocycles. The molecular weight excluding hydrogens is 254 g/mol. The van der Waals surface area contributed by atoms with Crippen LogP contribution in [0.3, 0.4) is 0 Å². The van der Waals surface area contributed by atoms with E-state index in [-0.39, 0.29) is 6.04 Å². The molecule has 0 aliphatic heterocycles. The van der Waals surface area contributed by atoms with Crippen LogP contribution in [-0.2, 0) is 0 Å². The van der Waals surface area contributed by atoms with Gasteiger partial charge < -0.3 is 10.3 Å². The van der Waals surface area contributed by atoms with Gasteiger partial charge in [-0.2, -0.15) is 5.26 Å². The predicted molar refractivity (Wildman–Crippen MR) is 81.3 cm³/mol. The topological polar surface area (TPSA) is 51.6 Å². The molecule has 0 amide bonds. The SMILES string of the molecule is CCCNC(C#N)CCSc1cc2ccccc2[nH]1. The van der Waals surface area contributed by atoms with Gasteiger partial charge >= 0.3 is 0 Å². The van der Waals surface area contributed by atoms with E-state index in [1.54, 1.807) is 11.8 Å². The highest BCUT2D eigenvalue weighted by atomic mass is 32.2. The second kappa shape index (κ2) is 7.22. The molecule has 0 aliphatic carbocycles. The van der Waals surface area contributed by atoms with Crippen molar-refractivity contribution in [3.63, 3.8) is 0 Å². The number of fused-ring (bicyclic) bond motifs is 1. The molecule has 1 atom stereocenters. The van der Waals surface area contributed by atoms with E-state index < -0.39 is 0 Å². The highest BCUT2D eigenvalue weighted by Gasteiger charge is 2.06. The maximum atomic E-state index is 9.03. The number of aromatic amines is 1. The first-order valence-corrected chi connectivity index (χ1v) is 7.65. The molecule has 4 heteroatoms. The number of benzene rings is 1. The Kier molecular flexibility index (Phi) is 5.31. The average molecular weight is 273 g/mol. The number of nitrogens with one attached hydrogen (secondary N) is 2. The Morgan fingerprint density at radius 1 is 1.42 bits per heavy atom. The van der Waals surface area contributed by atoms with Gasteiger partial charge in [0.05, 0.1) is 17.1 Å². The molecule has 0 fully saturated rings. The summed E-state index contributed by atoms with van der Waals surface area (Å²) < 4.78 is 0. The van der Waals surface area contributed by atoms with Crippen LogP contribution in [0.5, 0.6) is 0 Å². The Hall–Kier alpha value is -1.44. The predicted octanol–water partition coefficient (Wildman–Crippen LogP) is 3.54. The summed E-state index contributed by atoms with van der Waals surface area (Å²) >= 11 is 1.78. The van der Waals surface area contributed by atoms with Crippen molar-refractivity contribution in [3.8, 4) is 6.07 Å². The number of rotatable bonds is 7. The first-order chi connectivity index (χ1) is 9.33. The molecule has 0 aliphatic rings. The molecule has 1 aromatic heterocycles. The first kappa shape index (κ1) is 14.0. The van der Waals surface area contributed by atoms with Crippen LogP contribution in [0.25, 0.3) is 10.9 Å². The van der Waals surface area contributed by atoms with Crippen molar-refractivity contribution in [1.82, 2.24) is 10.3 Å². The van der Waals surface area contributed by atoms with E-state index in [4.69, 9.17) is 5.26 Å². The van der Waals surface area contributed by atoms with E-state index in [2.05, 4.69) is 41.5 Å². The van der Waals surface area contributed by atoms with Gasteiger partial charge in [0.25, 0.3) is 0 Å². The molecule has 100 valence electrons. The van der Waals surface area contributed by atoms with E-state index in [1.807, 2.05) is 12.1 Å². The summed E-state index contributed by atoms with van der Waals surface area (Å²) in [6.07, 6.45) is 1.93. The molecule has 2 rings (SSSR count). The maximum absolute atomic E-state index is 9.03. The summed E-state index contributed by atoms with van der Waals surface area (Å²) in [5.74, 6) is 0.946. The van der Waals surface area contributed by atoms with Crippen LogP contribution in [-0.4, -0.2) is 23.3 Å². The normalized spacial score (nSPS) is 12.4. The maximum Gasteiger partial charge on any atom is 0.0961 e. The molecule has 19 heavy (non-hydrogen) atoms. The van der Waals surface area contributed by atoms with Crippen LogP contribution in [0, 0.1) is 11.3 Å². The van der Waals surface area contributed by atoms with Crippen molar-refractivity contribution in [2.45, 2.75) is 30.8 Å². The zero-order chi connectivity index (χ0) is 13.5. The Morgan fingerprint density at radius 3 is 3.00 bits per heavy atom. The van der Waals surface area contributed by atoms with E-state index in [9.17, 15) is 0 Å². The van der Waals surface area contributed by atoms with Gasteiger partial charge in [-0.1, -0.05) is 25.1 Å². The number of hydrogen-bond acceptors (Lipinski definition) is 3. The summed E-state index contributed by atoms with van der Waals surface area (Å²) in [6.45, 7) is 3.02. The number of para-hydroxylation sites is 1. The lowest BCUT2D eigenvalue weighted by Crippen LogP contribution is -2.28. The molecule has 3 nitrogen and oxygen atoms in total. The number of nitrogens with zero attached hydrogens (tertiary/aromatic N) is 1. The third kappa shape index (κ3) is 4.02. The first-order valence-electron chi connectivity index (χ1n) is 6.67. The highest BCUT2D eigenvalue weighted by molar-refractivity contribution is 7.99. The Balaban J connectivity index is 1.83.